The van der Waals surface area contributed by atoms with Gasteiger partial charge in [-0.25, -0.2) is 0 Å². The number of benzene rings is 1. The Kier molecular flexibility index (Phi) is 5.08. The third kappa shape index (κ3) is 4.13. The zero-order valence-corrected chi connectivity index (χ0v) is 12.2. The van der Waals surface area contributed by atoms with Crippen LogP contribution in [-0.4, -0.2) is 20.8 Å². The third-order valence-corrected chi connectivity index (χ3v) is 3.84. The molecule has 19 heavy (non-hydrogen) atoms. The first-order valence-electron chi connectivity index (χ1n) is 7.20. The number of rotatable bonds is 8. The average Bonchev–Trinajstić information content (AvgIpc) is 3.26. The molecular formula is C16H25NO2. The summed E-state index contributed by atoms with van der Waals surface area (Å²) in [6.45, 7) is 3.28. The van der Waals surface area contributed by atoms with E-state index in [1.165, 1.54) is 31.2 Å². The van der Waals surface area contributed by atoms with E-state index < -0.39 is 0 Å². The molecule has 1 aromatic rings. The van der Waals surface area contributed by atoms with Crippen LogP contribution >= 0.6 is 0 Å². The molecule has 0 amide bonds. The highest BCUT2D eigenvalue weighted by molar-refractivity contribution is 5.43. The molecule has 1 atom stereocenters. The zero-order chi connectivity index (χ0) is 13.7. The molecule has 3 heteroatoms. The van der Waals surface area contributed by atoms with Crippen LogP contribution in [0.25, 0.3) is 0 Å². The number of nitrogens with one attached hydrogen (secondary N) is 1. The van der Waals surface area contributed by atoms with E-state index in [0.29, 0.717) is 6.04 Å². The minimum absolute atomic E-state index is 0.346. The molecule has 1 fully saturated rings. The SMILES string of the molecule is COc1ccc(C(C)NCCCC2CC2)cc1OC. The van der Waals surface area contributed by atoms with Crippen LogP contribution in [-0.2, 0) is 0 Å². The highest BCUT2D eigenvalue weighted by Gasteiger charge is 2.20. The average molecular weight is 263 g/mol. The lowest BCUT2D eigenvalue weighted by Crippen LogP contribution is -2.20. The molecule has 1 N–H and O–H groups in total. The van der Waals surface area contributed by atoms with Crippen LogP contribution in [0.5, 0.6) is 11.5 Å². The van der Waals surface area contributed by atoms with E-state index in [4.69, 9.17) is 9.47 Å². The van der Waals surface area contributed by atoms with Crippen molar-refractivity contribution in [1.82, 2.24) is 5.32 Å². The Morgan fingerprint density at radius 3 is 2.58 bits per heavy atom. The smallest absolute Gasteiger partial charge is 0.161 e. The first-order chi connectivity index (χ1) is 9.24. The quantitative estimate of drug-likeness (QED) is 0.728. The predicted molar refractivity (Wildman–Crippen MR) is 77.9 cm³/mol. The lowest BCUT2D eigenvalue weighted by atomic mass is 10.1. The Morgan fingerprint density at radius 2 is 1.95 bits per heavy atom. The molecule has 0 aromatic heterocycles. The molecule has 0 heterocycles. The zero-order valence-electron chi connectivity index (χ0n) is 12.2. The summed E-state index contributed by atoms with van der Waals surface area (Å²) in [5, 5.41) is 3.57. The highest BCUT2D eigenvalue weighted by atomic mass is 16.5. The minimum atomic E-state index is 0.346. The summed E-state index contributed by atoms with van der Waals surface area (Å²) in [6, 6.07) is 6.47. The normalized spacial score (nSPS) is 16.2. The van der Waals surface area contributed by atoms with Crippen molar-refractivity contribution in [3.8, 4) is 11.5 Å². The molecule has 0 bridgehead atoms. The van der Waals surface area contributed by atoms with Crippen LogP contribution in [0.1, 0.15) is 44.2 Å². The van der Waals surface area contributed by atoms with Gasteiger partial charge in [0.15, 0.2) is 11.5 Å². The molecule has 0 aliphatic heterocycles. The van der Waals surface area contributed by atoms with Crippen molar-refractivity contribution >= 4 is 0 Å². The summed E-state index contributed by atoms with van der Waals surface area (Å²) < 4.78 is 10.6. The van der Waals surface area contributed by atoms with Crippen LogP contribution in [0.2, 0.25) is 0 Å². The van der Waals surface area contributed by atoms with Gasteiger partial charge in [0, 0.05) is 6.04 Å². The molecule has 1 aliphatic carbocycles. The molecule has 1 aromatic carbocycles. The summed E-state index contributed by atoms with van der Waals surface area (Å²) in [5.74, 6) is 2.61. The van der Waals surface area contributed by atoms with Gasteiger partial charge in [-0.3, -0.25) is 0 Å². The van der Waals surface area contributed by atoms with Gasteiger partial charge in [-0.05, 0) is 49.9 Å². The predicted octanol–water partition coefficient (Wildman–Crippen LogP) is 3.54. The van der Waals surface area contributed by atoms with E-state index in [1.54, 1.807) is 14.2 Å². The van der Waals surface area contributed by atoms with Crippen molar-refractivity contribution < 1.29 is 9.47 Å². The number of ether oxygens (including phenoxy) is 2. The Bertz CT molecular complexity index is 402. The van der Waals surface area contributed by atoms with Crippen LogP contribution < -0.4 is 14.8 Å². The van der Waals surface area contributed by atoms with E-state index in [9.17, 15) is 0 Å². The van der Waals surface area contributed by atoms with E-state index >= 15 is 0 Å². The number of hydrogen-bond acceptors (Lipinski definition) is 3. The molecule has 1 saturated carbocycles. The van der Waals surface area contributed by atoms with Crippen LogP contribution in [0, 0.1) is 5.92 Å². The molecule has 0 saturated heterocycles. The fourth-order valence-corrected chi connectivity index (χ4v) is 2.36. The molecular weight excluding hydrogens is 238 g/mol. The maximum Gasteiger partial charge on any atom is 0.161 e. The summed E-state index contributed by atoms with van der Waals surface area (Å²) >= 11 is 0. The molecule has 2 rings (SSSR count). The highest BCUT2D eigenvalue weighted by Crippen LogP contribution is 2.33. The minimum Gasteiger partial charge on any atom is -0.493 e. The lowest BCUT2D eigenvalue weighted by Gasteiger charge is -2.16. The van der Waals surface area contributed by atoms with Crippen molar-refractivity contribution in [2.24, 2.45) is 5.92 Å². The van der Waals surface area contributed by atoms with Gasteiger partial charge in [0.05, 0.1) is 14.2 Å². The van der Waals surface area contributed by atoms with E-state index in [-0.39, 0.29) is 0 Å². The largest absolute Gasteiger partial charge is 0.493 e. The number of methoxy groups -OCH3 is 2. The number of hydrogen-bond donors (Lipinski definition) is 1. The summed E-state index contributed by atoms with van der Waals surface area (Å²) in [6.07, 6.45) is 5.56. The van der Waals surface area contributed by atoms with Gasteiger partial charge in [-0.15, -0.1) is 0 Å². The van der Waals surface area contributed by atoms with E-state index in [1.807, 2.05) is 6.07 Å². The topological polar surface area (TPSA) is 30.5 Å². The van der Waals surface area contributed by atoms with Crippen molar-refractivity contribution in [3.63, 3.8) is 0 Å². The monoisotopic (exact) mass is 263 g/mol. The maximum atomic E-state index is 5.34. The molecule has 106 valence electrons. The van der Waals surface area contributed by atoms with Gasteiger partial charge in [0.1, 0.15) is 0 Å². The third-order valence-electron chi connectivity index (χ3n) is 3.84. The van der Waals surface area contributed by atoms with Crippen molar-refractivity contribution in [2.45, 2.75) is 38.6 Å². The van der Waals surface area contributed by atoms with Gasteiger partial charge in [0.2, 0.25) is 0 Å². The first-order valence-corrected chi connectivity index (χ1v) is 7.20. The second-order valence-corrected chi connectivity index (χ2v) is 5.38. The van der Waals surface area contributed by atoms with Crippen LogP contribution in [0.4, 0.5) is 0 Å². The standard InChI is InChI=1S/C16H25NO2/c1-12(17-10-4-5-13-6-7-13)14-8-9-15(18-2)16(11-14)19-3/h8-9,11-13,17H,4-7,10H2,1-3H3. The van der Waals surface area contributed by atoms with Gasteiger partial charge in [-0.2, -0.15) is 0 Å². The maximum absolute atomic E-state index is 5.34. The molecule has 0 spiro atoms. The Balaban J connectivity index is 1.84. The van der Waals surface area contributed by atoms with Crippen LogP contribution in [0.15, 0.2) is 18.2 Å². The van der Waals surface area contributed by atoms with E-state index in [0.717, 1.165) is 24.0 Å². The van der Waals surface area contributed by atoms with Gasteiger partial charge in [-0.1, -0.05) is 18.9 Å². The first kappa shape index (κ1) is 14.2. The molecule has 1 aliphatic rings. The Labute approximate surface area is 116 Å². The van der Waals surface area contributed by atoms with Crippen molar-refractivity contribution in [3.05, 3.63) is 23.8 Å². The van der Waals surface area contributed by atoms with Crippen molar-refractivity contribution in [2.75, 3.05) is 20.8 Å². The Morgan fingerprint density at radius 1 is 1.21 bits per heavy atom. The molecule has 0 radical (unpaired) electrons. The van der Waals surface area contributed by atoms with E-state index in [2.05, 4.69) is 24.4 Å². The second-order valence-electron chi connectivity index (χ2n) is 5.38. The fourth-order valence-electron chi connectivity index (χ4n) is 2.36. The molecule has 3 nitrogen and oxygen atoms in total. The summed E-state index contributed by atoms with van der Waals surface area (Å²) in [5.41, 5.74) is 1.24. The second kappa shape index (κ2) is 6.80. The van der Waals surface area contributed by atoms with Gasteiger partial charge >= 0.3 is 0 Å². The van der Waals surface area contributed by atoms with Crippen LogP contribution in [0.3, 0.4) is 0 Å². The van der Waals surface area contributed by atoms with Gasteiger partial charge in [0.25, 0.3) is 0 Å². The van der Waals surface area contributed by atoms with Crippen molar-refractivity contribution in [1.29, 1.82) is 0 Å². The summed E-state index contributed by atoms with van der Waals surface area (Å²) in [4.78, 5) is 0. The molecule has 1 unspecified atom stereocenters. The van der Waals surface area contributed by atoms with Gasteiger partial charge < -0.3 is 14.8 Å². The summed E-state index contributed by atoms with van der Waals surface area (Å²) in [7, 11) is 3.34. The fraction of sp³-hybridized carbons (Fsp3) is 0.625. The lowest BCUT2D eigenvalue weighted by molar-refractivity contribution is 0.354. The Hall–Kier alpha value is -1.22.